The summed E-state index contributed by atoms with van der Waals surface area (Å²) in [5, 5.41) is 8.92. The molecule has 0 atom stereocenters. The SMILES string of the molecule is Cc1ncc(CNC(=O)Nc2ccc(N3CCNC(=O)C3)c(Cl)c2)n1-c1ccccc1. The number of anilines is 2. The summed E-state index contributed by atoms with van der Waals surface area (Å²) in [7, 11) is 0. The second-order valence-corrected chi connectivity index (χ2v) is 7.62. The van der Waals surface area contributed by atoms with E-state index in [-0.39, 0.29) is 18.5 Å². The Morgan fingerprint density at radius 3 is 2.77 bits per heavy atom. The molecule has 1 aliphatic rings. The van der Waals surface area contributed by atoms with Crippen LogP contribution in [0.3, 0.4) is 0 Å². The minimum Gasteiger partial charge on any atom is -0.359 e. The summed E-state index contributed by atoms with van der Waals surface area (Å²) >= 11 is 6.40. The van der Waals surface area contributed by atoms with Gasteiger partial charge in [-0.2, -0.15) is 0 Å². The molecular weight excluding hydrogens is 416 g/mol. The number of benzene rings is 2. The highest BCUT2D eigenvalue weighted by molar-refractivity contribution is 6.33. The Kier molecular flexibility index (Phi) is 6.08. The number of nitrogens with one attached hydrogen (secondary N) is 3. The summed E-state index contributed by atoms with van der Waals surface area (Å²) in [6, 6.07) is 14.8. The van der Waals surface area contributed by atoms with E-state index in [4.69, 9.17) is 11.6 Å². The van der Waals surface area contributed by atoms with Gasteiger partial charge in [-0.1, -0.05) is 29.8 Å². The van der Waals surface area contributed by atoms with E-state index >= 15 is 0 Å². The fourth-order valence-corrected chi connectivity index (χ4v) is 3.88. The molecule has 0 bridgehead atoms. The van der Waals surface area contributed by atoms with Crippen LogP contribution >= 0.6 is 11.6 Å². The quantitative estimate of drug-likeness (QED) is 0.571. The lowest BCUT2D eigenvalue weighted by atomic mass is 10.2. The highest BCUT2D eigenvalue weighted by atomic mass is 35.5. The lowest BCUT2D eigenvalue weighted by molar-refractivity contribution is -0.120. The number of amides is 3. The van der Waals surface area contributed by atoms with Crippen LogP contribution < -0.4 is 20.9 Å². The van der Waals surface area contributed by atoms with Crippen LogP contribution in [0.15, 0.2) is 54.7 Å². The number of rotatable bonds is 5. The van der Waals surface area contributed by atoms with Crippen LogP contribution in [0.25, 0.3) is 5.69 Å². The smallest absolute Gasteiger partial charge is 0.319 e. The van der Waals surface area contributed by atoms with Gasteiger partial charge in [-0.15, -0.1) is 0 Å². The van der Waals surface area contributed by atoms with E-state index in [0.717, 1.165) is 22.9 Å². The molecule has 31 heavy (non-hydrogen) atoms. The van der Waals surface area contributed by atoms with Gasteiger partial charge in [0, 0.05) is 24.5 Å². The van der Waals surface area contributed by atoms with Crippen molar-refractivity contribution in [2.24, 2.45) is 0 Å². The minimum absolute atomic E-state index is 0.0334. The van der Waals surface area contributed by atoms with Gasteiger partial charge in [-0.05, 0) is 37.3 Å². The molecule has 1 aromatic heterocycles. The van der Waals surface area contributed by atoms with Crippen molar-refractivity contribution in [2.75, 3.05) is 29.9 Å². The second-order valence-electron chi connectivity index (χ2n) is 7.21. The van der Waals surface area contributed by atoms with Crippen LogP contribution in [0.4, 0.5) is 16.2 Å². The number of aryl methyl sites for hydroxylation is 1. The first-order chi connectivity index (χ1) is 15.0. The average Bonchev–Trinajstić information content (AvgIpc) is 3.13. The van der Waals surface area contributed by atoms with Crippen molar-refractivity contribution in [3.05, 3.63) is 71.3 Å². The van der Waals surface area contributed by atoms with E-state index < -0.39 is 0 Å². The van der Waals surface area contributed by atoms with Crippen molar-refractivity contribution < 1.29 is 9.59 Å². The molecule has 0 saturated carbocycles. The number of imidazole rings is 1. The summed E-state index contributed by atoms with van der Waals surface area (Å²) in [4.78, 5) is 30.3. The number of halogens is 1. The molecule has 3 aromatic rings. The Bertz CT molecular complexity index is 1100. The Morgan fingerprint density at radius 1 is 1.23 bits per heavy atom. The van der Waals surface area contributed by atoms with Crippen LogP contribution in [0.2, 0.25) is 5.02 Å². The van der Waals surface area contributed by atoms with Gasteiger partial charge in [0.1, 0.15) is 5.82 Å². The zero-order valence-corrected chi connectivity index (χ0v) is 17.8. The molecule has 0 aliphatic carbocycles. The van der Waals surface area contributed by atoms with E-state index in [2.05, 4.69) is 20.9 Å². The first-order valence-electron chi connectivity index (χ1n) is 9.96. The maximum Gasteiger partial charge on any atom is 0.319 e. The van der Waals surface area contributed by atoms with E-state index in [0.29, 0.717) is 30.3 Å². The molecule has 1 aliphatic heterocycles. The third-order valence-corrected chi connectivity index (χ3v) is 5.34. The predicted octanol–water partition coefficient (Wildman–Crippen LogP) is 3.09. The lowest BCUT2D eigenvalue weighted by Crippen LogP contribution is -2.47. The number of piperazine rings is 1. The lowest BCUT2D eigenvalue weighted by Gasteiger charge is -2.29. The molecule has 8 nitrogen and oxygen atoms in total. The number of hydrogen-bond donors (Lipinski definition) is 3. The number of nitrogens with zero attached hydrogens (tertiary/aromatic N) is 3. The predicted molar refractivity (Wildman–Crippen MR) is 121 cm³/mol. The molecule has 0 radical (unpaired) electrons. The van der Waals surface area contributed by atoms with Gasteiger partial charge in [-0.3, -0.25) is 9.36 Å². The fraction of sp³-hybridized carbons (Fsp3) is 0.227. The average molecular weight is 439 g/mol. The summed E-state index contributed by atoms with van der Waals surface area (Å²) in [6.07, 6.45) is 1.75. The number of carbonyl (C=O) groups is 2. The Balaban J connectivity index is 1.39. The number of hydrogen-bond acceptors (Lipinski definition) is 4. The summed E-state index contributed by atoms with van der Waals surface area (Å²) in [6.45, 7) is 3.77. The van der Waals surface area contributed by atoms with Crippen molar-refractivity contribution >= 4 is 34.9 Å². The maximum atomic E-state index is 12.4. The Morgan fingerprint density at radius 2 is 2.03 bits per heavy atom. The molecular formula is C22H23ClN6O2. The molecule has 9 heteroatoms. The molecule has 2 heterocycles. The van der Waals surface area contributed by atoms with E-state index in [9.17, 15) is 9.59 Å². The van der Waals surface area contributed by atoms with Gasteiger partial charge in [0.25, 0.3) is 0 Å². The molecule has 1 saturated heterocycles. The molecule has 0 unspecified atom stereocenters. The van der Waals surface area contributed by atoms with Gasteiger partial charge < -0.3 is 20.9 Å². The molecule has 3 N–H and O–H groups in total. The summed E-state index contributed by atoms with van der Waals surface area (Å²) in [5.74, 6) is 0.811. The van der Waals surface area contributed by atoms with Gasteiger partial charge in [0.2, 0.25) is 5.91 Å². The zero-order chi connectivity index (χ0) is 21.8. The largest absolute Gasteiger partial charge is 0.359 e. The molecule has 160 valence electrons. The monoisotopic (exact) mass is 438 g/mol. The van der Waals surface area contributed by atoms with Crippen LogP contribution in [0, 0.1) is 6.92 Å². The summed E-state index contributed by atoms with van der Waals surface area (Å²) in [5.41, 5.74) is 3.20. The molecule has 3 amide bonds. The zero-order valence-electron chi connectivity index (χ0n) is 17.1. The molecule has 1 fully saturated rings. The fourth-order valence-electron chi connectivity index (χ4n) is 3.58. The van der Waals surface area contributed by atoms with Crippen LogP contribution in [0.5, 0.6) is 0 Å². The number of para-hydroxylation sites is 1. The Hall–Kier alpha value is -3.52. The second kappa shape index (κ2) is 9.09. The van der Waals surface area contributed by atoms with Crippen LogP contribution in [-0.4, -0.2) is 41.1 Å². The first-order valence-corrected chi connectivity index (χ1v) is 10.3. The van der Waals surface area contributed by atoms with Crippen LogP contribution in [0.1, 0.15) is 11.5 Å². The molecule has 2 aromatic carbocycles. The molecule has 0 spiro atoms. The molecule has 4 rings (SSSR count). The topological polar surface area (TPSA) is 91.3 Å². The number of urea groups is 1. The van der Waals surface area contributed by atoms with Crippen LogP contribution in [-0.2, 0) is 11.3 Å². The van der Waals surface area contributed by atoms with Gasteiger partial charge in [0.15, 0.2) is 0 Å². The minimum atomic E-state index is -0.348. The van der Waals surface area contributed by atoms with Gasteiger partial charge >= 0.3 is 6.03 Å². The van der Waals surface area contributed by atoms with E-state index in [1.54, 1.807) is 18.3 Å². The van der Waals surface area contributed by atoms with E-state index in [1.807, 2.05) is 52.8 Å². The maximum absolute atomic E-state index is 12.4. The van der Waals surface area contributed by atoms with E-state index in [1.165, 1.54) is 0 Å². The van der Waals surface area contributed by atoms with Crippen molar-refractivity contribution in [1.82, 2.24) is 20.2 Å². The Labute approximate surface area is 185 Å². The standard InChI is InChI=1S/C22H23ClN6O2/c1-15-25-12-18(29(15)17-5-3-2-4-6-17)13-26-22(31)27-16-7-8-20(19(23)11-16)28-10-9-24-21(30)14-28/h2-8,11-12H,9-10,13-14H2,1H3,(H,24,30)(H2,26,27,31). The highest BCUT2D eigenvalue weighted by Gasteiger charge is 2.19. The highest BCUT2D eigenvalue weighted by Crippen LogP contribution is 2.29. The normalized spacial score (nSPS) is 13.6. The first kappa shape index (κ1) is 20.7. The third kappa shape index (κ3) is 4.80. The van der Waals surface area contributed by atoms with Crippen molar-refractivity contribution in [2.45, 2.75) is 13.5 Å². The van der Waals surface area contributed by atoms with Gasteiger partial charge in [-0.25, -0.2) is 9.78 Å². The number of aromatic nitrogens is 2. The van der Waals surface area contributed by atoms with Gasteiger partial charge in [0.05, 0.1) is 35.7 Å². The van der Waals surface area contributed by atoms with Crippen molar-refractivity contribution in [3.8, 4) is 5.69 Å². The number of carbonyl (C=O) groups excluding carboxylic acids is 2. The summed E-state index contributed by atoms with van der Waals surface area (Å²) < 4.78 is 2.00. The third-order valence-electron chi connectivity index (χ3n) is 5.04. The van der Waals surface area contributed by atoms with Crippen molar-refractivity contribution in [1.29, 1.82) is 0 Å². The van der Waals surface area contributed by atoms with Crippen molar-refractivity contribution in [3.63, 3.8) is 0 Å².